The summed E-state index contributed by atoms with van der Waals surface area (Å²) >= 11 is 1.49. The minimum Gasteiger partial charge on any atom is -0.369 e. The van der Waals surface area contributed by atoms with E-state index in [4.69, 9.17) is 5.73 Å². The zero-order chi connectivity index (χ0) is 17.1. The molecule has 2 aromatic rings. The predicted molar refractivity (Wildman–Crippen MR) is 93.8 cm³/mol. The molecule has 1 saturated heterocycles. The number of amides is 2. The van der Waals surface area contributed by atoms with Crippen molar-refractivity contribution >= 4 is 23.2 Å². The number of hydrogen-bond donors (Lipinski definition) is 1. The van der Waals surface area contributed by atoms with Crippen LogP contribution in [0, 0.1) is 5.92 Å². The molecular weight excluding hydrogens is 322 g/mol. The summed E-state index contributed by atoms with van der Waals surface area (Å²) in [6, 6.07) is 10.2. The van der Waals surface area contributed by atoms with Crippen LogP contribution < -0.4 is 5.73 Å². The first kappa shape index (κ1) is 16.6. The van der Waals surface area contributed by atoms with Crippen LogP contribution in [0.3, 0.4) is 0 Å². The van der Waals surface area contributed by atoms with Gasteiger partial charge < -0.3 is 10.6 Å². The first-order valence-corrected chi connectivity index (χ1v) is 9.01. The Labute approximate surface area is 145 Å². The van der Waals surface area contributed by atoms with Crippen molar-refractivity contribution in [3.63, 3.8) is 0 Å². The zero-order valence-electron chi connectivity index (χ0n) is 13.6. The average molecular weight is 343 g/mol. The highest BCUT2D eigenvalue weighted by Crippen LogP contribution is 2.24. The van der Waals surface area contributed by atoms with Gasteiger partial charge in [0.15, 0.2) is 0 Å². The van der Waals surface area contributed by atoms with E-state index in [1.54, 1.807) is 10.3 Å². The Kier molecular flexibility index (Phi) is 4.94. The van der Waals surface area contributed by atoms with Crippen LogP contribution >= 0.6 is 11.3 Å². The highest BCUT2D eigenvalue weighted by molar-refractivity contribution is 7.09. The largest absolute Gasteiger partial charge is 0.369 e. The van der Waals surface area contributed by atoms with Crippen LogP contribution in [0.15, 0.2) is 35.7 Å². The molecule has 126 valence electrons. The Morgan fingerprint density at radius 2 is 2.04 bits per heavy atom. The van der Waals surface area contributed by atoms with Gasteiger partial charge in [-0.3, -0.25) is 9.59 Å². The summed E-state index contributed by atoms with van der Waals surface area (Å²) in [7, 11) is 0. The minimum absolute atomic E-state index is 0.104. The van der Waals surface area contributed by atoms with Crippen LogP contribution in [0.2, 0.25) is 0 Å². The molecule has 0 aliphatic carbocycles. The van der Waals surface area contributed by atoms with Gasteiger partial charge in [-0.15, -0.1) is 11.3 Å². The molecule has 2 amide bonds. The van der Waals surface area contributed by atoms with E-state index in [2.05, 4.69) is 4.98 Å². The van der Waals surface area contributed by atoms with Gasteiger partial charge in [0, 0.05) is 24.4 Å². The smallest absolute Gasteiger partial charge is 0.273 e. The molecule has 3 rings (SSSR count). The molecule has 1 aliphatic rings. The molecule has 0 spiro atoms. The maximum absolute atomic E-state index is 12.8. The number of aromatic nitrogens is 1. The number of hydrogen-bond acceptors (Lipinski definition) is 4. The first-order chi connectivity index (χ1) is 11.5. The topological polar surface area (TPSA) is 76.3 Å². The summed E-state index contributed by atoms with van der Waals surface area (Å²) in [4.78, 5) is 30.4. The average Bonchev–Trinajstić information content (AvgIpc) is 3.04. The quantitative estimate of drug-likeness (QED) is 0.926. The van der Waals surface area contributed by atoms with Gasteiger partial charge in [-0.2, -0.15) is 0 Å². The second-order valence-electron chi connectivity index (χ2n) is 6.27. The lowest BCUT2D eigenvalue weighted by atomic mass is 9.93. The fourth-order valence-electron chi connectivity index (χ4n) is 3.03. The standard InChI is InChI=1S/C18H21N3O2S/c1-12-7-8-14(17(19)22)10-21(12)18(23)15-11-24-16(20-15)9-13-5-3-2-4-6-13/h2-6,11-12,14H,7-10H2,1H3,(H2,19,22)/t12-,14+/m1/s1. The molecule has 24 heavy (non-hydrogen) atoms. The second-order valence-corrected chi connectivity index (χ2v) is 7.21. The molecule has 2 heterocycles. The van der Waals surface area contributed by atoms with Gasteiger partial charge in [-0.25, -0.2) is 4.98 Å². The summed E-state index contributed by atoms with van der Waals surface area (Å²) in [5.74, 6) is -0.695. The van der Waals surface area contributed by atoms with E-state index in [0.29, 0.717) is 12.2 Å². The highest BCUT2D eigenvalue weighted by Gasteiger charge is 2.32. The Hall–Kier alpha value is -2.21. The number of likely N-dealkylation sites (tertiary alicyclic amines) is 1. The molecule has 1 aromatic heterocycles. The van der Waals surface area contributed by atoms with Gasteiger partial charge in [0.1, 0.15) is 5.69 Å². The number of nitrogens with two attached hydrogens (primary N) is 1. The third-order valence-corrected chi connectivity index (χ3v) is 5.36. The maximum Gasteiger partial charge on any atom is 0.273 e. The van der Waals surface area contributed by atoms with Crippen molar-refractivity contribution in [2.45, 2.75) is 32.2 Å². The molecule has 1 aromatic carbocycles. The molecule has 1 aliphatic heterocycles. The molecule has 0 radical (unpaired) electrons. The minimum atomic E-state index is -0.331. The Morgan fingerprint density at radius 1 is 1.29 bits per heavy atom. The number of nitrogens with zero attached hydrogens (tertiary/aromatic N) is 2. The Bertz CT molecular complexity index is 729. The molecule has 2 atom stereocenters. The van der Waals surface area contributed by atoms with Crippen LogP contribution in [0.5, 0.6) is 0 Å². The lowest BCUT2D eigenvalue weighted by Gasteiger charge is -2.36. The van der Waals surface area contributed by atoms with Crippen molar-refractivity contribution in [3.05, 3.63) is 52.0 Å². The van der Waals surface area contributed by atoms with Crippen molar-refractivity contribution in [3.8, 4) is 0 Å². The van der Waals surface area contributed by atoms with Crippen molar-refractivity contribution in [1.29, 1.82) is 0 Å². The van der Waals surface area contributed by atoms with E-state index >= 15 is 0 Å². The van der Waals surface area contributed by atoms with E-state index in [-0.39, 0.29) is 23.8 Å². The van der Waals surface area contributed by atoms with Crippen LogP contribution in [-0.2, 0) is 11.2 Å². The molecule has 0 unspecified atom stereocenters. The number of carbonyl (C=O) groups excluding carboxylic acids is 2. The van der Waals surface area contributed by atoms with Gasteiger partial charge in [0.2, 0.25) is 5.91 Å². The zero-order valence-corrected chi connectivity index (χ0v) is 14.5. The summed E-state index contributed by atoms with van der Waals surface area (Å²) < 4.78 is 0. The van der Waals surface area contributed by atoms with E-state index < -0.39 is 0 Å². The van der Waals surface area contributed by atoms with E-state index in [1.165, 1.54) is 16.9 Å². The molecule has 5 nitrogen and oxygen atoms in total. The summed E-state index contributed by atoms with van der Waals surface area (Å²) in [6.07, 6.45) is 2.26. The van der Waals surface area contributed by atoms with Gasteiger partial charge in [0.05, 0.1) is 10.9 Å². The van der Waals surface area contributed by atoms with Gasteiger partial charge in [-0.05, 0) is 25.3 Å². The molecular formula is C18H21N3O2S. The van der Waals surface area contributed by atoms with E-state index in [9.17, 15) is 9.59 Å². The Morgan fingerprint density at radius 3 is 2.75 bits per heavy atom. The normalized spacial score (nSPS) is 20.8. The van der Waals surface area contributed by atoms with Gasteiger partial charge in [-0.1, -0.05) is 30.3 Å². The van der Waals surface area contributed by atoms with Crippen molar-refractivity contribution in [2.24, 2.45) is 11.7 Å². The molecule has 0 bridgehead atoms. The lowest BCUT2D eigenvalue weighted by molar-refractivity contribution is -0.123. The van der Waals surface area contributed by atoms with Crippen LogP contribution in [0.4, 0.5) is 0 Å². The molecule has 6 heteroatoms. The van der Waals surface area contributed by atoms with Crippen LogP contribution in [0.1, 0.15) is 40.8 Å². The van der Waals surface area contributed by atoms with E-state index in [0.717, 1.165) is 24.3 Å². The molecule has 1 fully saturated rings. The summed E-state index contributed by atoms with van der Waals surface area (Å²) in [6.45, 7) is 2.40. The van der Waals surface area contributed by atoms with Crippen LogP contribution in [-0.4, -0.2) is 34.3 Å². The third-order valence-electron chi connectivity index (χ3n) is 4.51. The monoisotopic (exact) mass is 343 g/mol. The molecule has 0 saturated carbocycles. The fraction of sp³-hybridized carbons (Fsp3) is 0.389. The second kappa shape index (κ2) is 7.13. The first-order valence-electron chi connectivity index (χ1n) is 8.13. The number of carbonyl (C=O) groups is 2. The summed E-state index contributed by atoms with van der Waals surface area (Å²) in [5.41, 5.74) is 7.05. The number of benzene rings is 1. The Balaban J connectivity index is 1.72. The number of thiazole rings is 1. The van der Waals surface area contributed by atoms with Crippen molar-refractivity contribution in [1.82, 2.24) is 9.88 Å². The van der Waals surface area contributed by atoms with Gasteiger partial charge >= 0.3 is 0 Å². The summed E-state index contributed by atoms with van der Waals surface area (Å²) in [5, 5.41) is 2.72. The number of piperidine rings is 1. The third kappa shape index (κ3) is 3.64. The van der Waals surface area contributed by atoms with Crippen LogP contribution in [0.25, 0.3) is 0 Å². The fourth-order valence-corrected chi connectivity index (χ4v) is 3.83. The SMILES string of the molecule is C[C@@H]1CC[C@H](C(N)=O)CN1C(=O)c1csc(Cc2ccccc2)n1. The van der Waals surface area contributed by atoms with Crippen molar-refractivity contribution < 1.29 is 9.59 Å². The maximum atomic E-state index is 12.8. The highest BCUT2D eigenvalue weighted by atomic mass is 32.1. The van der Waals surface area contributed by atoms with E-state index in [1.807, 2.05) is 37.3 Å². The number of primary amides is 1. The van der Waals surface area contributed by atoms with Gasteiger partial charge in [0.25, 0.3) is 5.91 Å². The number of rotatable bonds is 4. The lowest BCUT2D eigenvalue weighted by Crippen LogP contribution is -2.48. The molecule has 2 N–H and O–H groups in total. The van der Waals surface area contributed by atoms with Crippen molar-refractivity contribution in [2.75, 3.05) is 6.54 Å². The predicted octanol–water partition coefficient (Wildman–Crippen LogP) is 2.46.